The minimum atomic E-state index is 0.0492. The molecular weight excluding hydrogens is 278 g/mol. The molecule has 2 saturated heterocycles. The van der Waals surface area contributed by atoms with Gasteiger partial charge in [0.05, 0.1) is 6.04 Å². The molecule has 3 amide bonds. The van der Waals surface area contributed by atoms with E-state index in [0.29, 0.717) is 11.8 Å². The van der Waals surface area contributed by atoms with Gasteiger partial charge < -0.3 is 15.1 Å². The van der Waals surface area contributed by atoms with E-state index >= 15 is 0 Å². The summed E-state index contributed by atoms with van der Waals surface area (Å²) in [5.74, 6) is 2.67. The van der Waals surface area contributed by atoms with Gasteiger partial charge in [-0.05, 0) is 56.3 Å². The third-order valence-electron chi connectivity index (χ3n) is 5.95. The summed E-state index contributed by atoms with van der Waals surface area (Å²) in [4.78, 5) is 28.5. The Morgan fingerprint density at radius 1 is 1.14 bits per heavy atom. The first-order valence-electron chi connectivity index (χ1n) is 9.04. The lowest BCUT2D eigenvalue weighted by Gasteiger charge is -2.37. The Kier molecular flexibility index (Phi) is 3.74. The highest BCUT2D eigenvalue weighted by atomic mass is 16.2. The summed E-state index contributed by atoms with van der Waals surface area (Å²) < 4.78 is 0. The molecule has 22 heavy (non-hydrogen) atoms. The van der Waals surface area contributed by atoms with Gasteiger partial charge in [-0.3, -0.25) is 4.79 Å². The monoisotopic (exact) mass is 305 g/mol. The van der Waals surface area contributed by atoms with Gasteiger partial charge in [-0.15, -0.1) is 0 Å². The fourth-order valence-corrected chi connectivity index (χ4v) is 4.37. The standard InChI is InChI=1S/C17H27N3O2/c21-16(10-15(12-3-4-12)13-5-6-13)19-8-1-2-14(11-19)20-9-7-18-17(20)22/h12-15H,1-11H2,(H,18,22)/t14-/m0/s1. The summed E-state index contributed by atoms with van der Waals surface area (Å²) in [6.07, 6.45) is 8.17. The van der Waals surface area contributed by atoms with Gasteiger partial charge in [-0.25, -0.2) is 4.79 Å². The Morgan fingerprint density at radius 3 is 2.45 bits per heavy atom. The van der Waals surface area contributed by atoms with Gasteiger partial charge in [0.2, 0.25) is 5.91 Å². The lowest BCUT2D eigenvalue weighted by Crippen LogP contribution is -2.51. The Hall–Kier alpha value is -1.26. The number of carbonyl (C=O) groups is 2. The van der Waals surface area contributed by atoms with E-state index in [4.69, 9.17) is 0 Å². The van der Waals surface area contributed by atoms with Gasteiger partial charge in [-0.1, -0.05) is 0 Å². The Labute approximate surface area is 132 Å². The van der Waals surface area contributed by atoms with Gasteiger partial charge in [0.15, 0.2) is 0 Å². The largest absolute Gasteiger partial charge is 0.341 e. The first-order valence-corrected chi connectivity index (χ1v) is 9.04. The summed E-state index contributed by atoms with van der Waals surface area (Å²) in [6, 6.07) is 0.272. The van der Waals surface area contributed by atoms with Gasteiger partial charge in [0.1, 0.15) is 0 Å². The summed E-state index contributed by atoms with van der Waals surface area (Å²) in [7, 11) is 0. The van der Waals surface area contributed by atoms with Crippen molar-refractivity contribution in [2.45, 2.75) is 51.0 Å². The molecule has 2 heterocycles. The van der Waals surface area contributed by atoms with Gasteiger partial charge in [0.25, 0.3) is 0 Å². The lowest BCUT2D eigenvalue weighted by atomic mass is 9.93. The molecule has 2 aliphatic heterocycles. The summed E-state index contributed by atoms with van der Waals surface area (Å²) in [5, 5.41) is 2.87. The fraction of sp³-hybridized carbons (Fsp3) is 0.882. The van der Waals surface area contributed by atoms with Crippen LogP contribution in [-0.2, 0) is 4.79 Å². The van der Waals surface area contributed by atoms with Crippen molar-refractivity contribution >= 4 is 11.9 Å². The molecule has 1 N–H and O–H groups in total. The van der Waals surface area contributed by atoms with Gasteiger partial charge in [0, 0.05) is 32.6 Å². The third kappa shape index (κ3) is 2.95. The quantitative estimate of drug-likeness (QED) is 0.842. The highest BCUT2D eigenvalue weighted by Gasteiger charge is 2.43. The van der Waals surface area contributed by atoms with Crippen LogP contribution in [0, 0.1) is 17.8 Å². The molecule has 0 bridgehead atoms. The number of nitrogens with zero attached hydrogens (tertiary/aromatic N) is 2. The average Bonchev–Trinajstić information content (AvgIpc) is 3.44. The average molecular weight is 305 g/mol. The second kappa shape index (κ2) is 5.74. The topological polar surface area (TPSA) is 52.7 Å². The number of nitrogens with one attached hydrogen (secondary N) is 1. The van der Waals surface area contributed by atoms with Crippen LogP contribution in [0.1, 0.15) is 44.9 Å². The lowest BCUT2D eigenvalue weighted by molar-refractivity contribution is -0.134. The molecule has 5 heteroatoms. The van der Waals surface area contributed by atoms with Gasteiger partial charge >= 0.3 is 6.03 Å². The Balaban J connectivity index is 1.34. The van der Waals surface area contributed by atoms with Crippen LogP contribution in [0.15, 0.2) is 0 Å². The molecule has 0 radical (unpaired) electrons. The second-order valence-corrected chi connectivity index (χ2v) is 7.60. The van der Waals surface area contributed by atoms with Crippen molar-refractivity contribution in [3.8, 4) is 0 Å². The zero-order valence-corrected chi connectivity index (χ0v) is 13.3. The van der Waals surface area contributed by atoms with E-state index in [0.717, 1.165) is 57.3 Å². The van der Waals surface area contributed by atoms with Crippen LogP contribution in [-0.4, -0.2) is 54.0 Å². The number of rotatable bonds is 5. The molecule has 0 aromatic rings. The maximum Gasteiger partial charge on any atom is 0.317 e. The molecule has 0 unspecified atom stereocenters. The normalized spacial score (nSPS) is 29.1. The van der Waals surface area contributed by atoms with E-state index in [9.17, 15) is 9.59 Å². The smallest absolute Gasteiger partial charge is 0.317 e. The fourth-order valence-electron chi connectivity index (χ4n) is 4.37. The number of hydrogen-bond acceptors (Lipinski definition) is 2. The summed E-state index contributed by atoms with van der Waals surface area (Å²) in [6.45, 7) is 3.16. The Morgan fingerprint density at radius 2 is 1.86 bits per heavy atom. The second-order valence-electron chi connectivity index (χ2n) is 7.60. The Bertz CT molecular complexity index is 447. The van der Waals surface area contributed by atoms with Crippen LogP contribution in [0.4, 0.5) is 4.79 Å². The molecule has 4 fully saturated rings. The predicted molar refractivity (Wildman–Crippen MR) is 83.3 cm³/mol. The van der Waals surface area contributed by atoms with Crippen molar-refractivity contribution in [2.24, 2.45) is 17.8 Å². The third-order valence-corrected chi connectivity index (χ3v) is 5.95. The number of hydrogen-bond donors (Lipinski definition) is 1. The number of carbonyl (C=O) groups excluding carboxylic acids is 2. The zero-order valence-electron chi connectivity index (χ0n) is 13.3. The van der Waals surface area contributed by atoms with E-state index < -0.39 is 0 Å². The number of likely N-dealkylation sites (tertiary alicyclic amines) is 1. The molecule has 4 aliphatic rings. The molecule has 122 valence electrons. The number of urea groups is 1. The molecule has 4 rings (SSSR count). The molecule has 2 saturated carbocycles. The van der Waals surface area contributed by atoms with E-state index in [1.807, 2.05) is 9.80 Å². The van der Waals surface area contributed by atoms with Crippen LogP contribution in [0.5, 0.6) is 0 Å². The van der Waals surface area contributed by atoms with Crippen LogP contribution in [0.2, 0.25) is 0 Å². The maximum atomic E-state index is 12.7. The minimum Gasteiger partial charge on any atom is -0.341 e. The first-order chi connectivity index (χ1) is 10.7. The predicted octanol–water partition coefficient (Wildman–Crippen LogP) is 1.83. The van der Waals surface area contributed by atoms with Gasteiger partial charge in [-0.2, -0.15) is 0 Å². The zero-order chi connectivity index (χ0) is 15.1. The minimum absolute atomic E-state index is 0.0492. The highest BCUT2D eigenvalue weighted by molar-refractivity contribution is 5.78. The van der Waals surface area contributed by atoms with E-state index in [1.54, 1.807) is 0 Å². The molecular formula is C17H27N3O2. The van der Waals surface area contributed by atoms with Crippen LogP contribution in [0.25, 0.3) is 0 Å². The summed E-state index contributed by atoms with van der Waals surface area (Å²) >= 11 is 0. The van der Waals surface area contributed by atoms with Crippen molar-refractivity contribution in [1.82, 2.24) is 15.1 Å². The summed E-state index contributed by atoms with van der Waals surface area (Å²) in [5.41, 5.74) is 0. The van der Waals surface area contributed by atoms with Crippen molar-refractivity contribution in [3.05, 3.63) is 0 Å². The van der Waals surface area contributed by atoms with Crippen molar-refractivity contribution in [1.29, 1.82) is 0 Å². The maximum absolute atomic E-state index is 12.7. The van der Waals surface area contributed by atoms with Crippen LogP contribution < -0.4 is 5.32 Å². The SMILES string of the molecule is O=C(CC(C1CC1)C1CC1)N1CCC[C@H](N2CCNC2=O)C1. The molecule has 1 atom stereocenters. The highest BCUT2D eigenvalue weighted by Crippen LogP contribution is 2.50. The molecule has 2 aliphatic carbocycles. The number of piperidine rings is 1. The molecule has 0 spiro atoms. The van der Waals surface area contributed by atoms with Crippen molar-refractivity contribution in [3.63, 3.8) is 0 Å². The first kappa shape index (κ1) is 14.3. The molecule has 0 aromatic carbocycles. The van der Waals surface area contributed by atoms with E-state index in [-0.39, 0.29) is 12.1 Å². The van der Waals surface area contributed by atoms with Crippen molar-refractivity contribution < 1.29 is 9.59 Å². The van der Waals surface area contributed by atoms with E-state index in [2.05, 4.69) is 5.32 Å². The van der Waals surface area contributed by atoms with Crippen LogP contribution in [0.3, 0.4) is 0 Å². The number of amides is 3. The van der Waals surface area contributed by atoms with E-state index in [1.165, 1.54) is 25.7 Å². The molecule has 0 aromatic heterocycles. The van der Waals surface area contributed by atoms with Crippen LogP contribution >= 0.6 is 0 Å². The molecule has 5 nitrogen and oxygen atoms in total. The van der Waals surface area contributed by atoms with Crippen molar-refractivity contribution in [2.75, 3.05) is 26.2 Å².